The number of nitrogen functional groups attached to an aromatic ring is 1. The lowest BCUT2D eigenvalue weighted by Crippen LogP contribution is -2.01. The molecule has 17 heavy (non-hydrogen) atoms. The Hall–Kier alpha value is -2.28. The number of hydrogen-bond donors (Lipinski definition) is 1. The van der Waals surface area contributed by atoms with Crippen molar-refractivity contribution in [1.29, 1.82) is 5.26 Å². The van der Waals surface area contributed by atoms with Gasteiger partial charge in [0.15, 0.2) is 0 Å². The monoisotopic (exact) mass is 226 g/mol. The van der Waals surface area contributed by atoms with Crippen molar-refractivity contribution in [3.05, 3.63) is 41.0 Å². The maximum atomic E-state index is 9.16. The Morgan fingerprint density at radius 1 is 1.29 bits per heavy atom. The van der Waals surface area contributed by atoms with Gasteiger partial charge in [-0.15, -0.1) is 0 Å². The van der Waals surface area contributed by atoms with Gasteiger partial charge in [0.05, 0.1) is 5.69 Å². The molecule has 0 saturated heterocycles. The number of imidazole rings is 1. The fourth-order valence-corrected chi connectivity index (χ4v) is 1.92. The van der Waals surface area contributed by atoms with Gasteiger partial charge in [0.2, 0.25) is 0 Å². The molecule has 2 N–H and O–H groups in total. The third-order valence-electron chi connectivity index (χ3n) is 2.84. The highest BCUT2D eigenvalue weighted by atomic mass is 15.1. The molecule has 86 valence electrons. The van der Waals surface area contributed by atoms with Gasteiger partial charge >= 0.3 is 0 Å². The fourth-order valence-electron chi connectivity index (χ4n) is 1.92. The van der Waals surface area contributed by atoms with E-state index in [2.05, 4.69) is 11.1 Å². The standard InChI is InChI=1S/C13H14N4/c1-8-6-11(4-5-12(8)15)17-10(3)16-9(2)13(17)7-14/h4-6H,15H2,1-3H3. The van der Waals surface area contributed by atoms with Crippen LogP contribution in [-0.4, -0.2) is 9.55 Å². The molecule has 0 atom stereocenters. The minimum absolute atomic E-state index is 0.576. The van der Waals surface area contributed by atoms with E-state index >= 15 is 0 Å². The van der Waals surface area contributed by atoms with Crippen molar-refractivity contribution >= 4 is 5.69 Å². The van der Waals surface area contributed by atoms with Gasteiger partial charge in [-0.2, -0.15) is 5.26 Å². The van der Waals surface area contributed by atoms with Crippen LogP contribution in [0.4, 0.5) is 5.69 Å². The van der Waals surface area contributed by atoms with Gasteiger partial charge in [0.1, 0.15) is 17.6 Å². The SMILES string of the molecule is Cc1cc(-n2c(C)nc(C)c2C#N)ccc1N. The second-order valence-corrected chi connectivity index (χ2v) is 4.08. The molecule has 0 aliphatic rings. The number of nitrogens with two attached hydrogens (primary N) is 1. The zero-order chi connectivity index (χ0) is 12.6. The van der Waals surface area contributed by atoms with Crippen LogP contribution in [-0.2, 0) is 0 Å². The van der Waals surface area contributed by atoms with E-state index in [1.807, 2.05) is 43.5 Å². The average Bonchev–Trinajstić information content (AvgIpc) is 2.57. The molecule has 0 aliphatic heterocycles. The summed E-state index contributed by atoms with van der Waals surface area (Å²) in [5.41, 5.74) is 9.79. The first-order valence-electron chi connectivity index (χ1n) is 5.37. The Morgan fingerprint density at radius 2 is 2.00 bits per heavy atom. The highest BCUT2D eigenvalue weighted by molar-refractivity contribution is 5.53. The molecule has 4 nitrogen and oxygen atoms in total. The van der Waals surface area contributed by atoms with Gasteiger partial charge in [-0.25, -0.2) is 4.98 Å². The first kappa shape index (κ1) is 11.2. The van der Waals surface area contributed by atoms with Gasteiger partial charge in [-0.1, -0.05) is 0 Å². The number of aryl methyl sites for hydroxylation is 3. The minimum atomic E-state index is 0.576. The second-order valence-electron chi connectivity index (χ2n) is 4.08. The zero-order valence-electron chi connectivity index (χ0n) is 10.2. The summed E-state index contributed by atoms with van der Waals surface area (Å²) >= 11 is 0. The van der Waals surface area contributed by atoms with Crippen molar-refractivity contribution in [1.82, 2.24) is 9.55 Å². The molecule has 1 heterocycles. The molecule has 1 aromatic heterocycles. The van der Waals surface area contributed by atoms with Gasteiger partial charge in [-0.3, -0.25) is 4.57 Å². The smallest absolute Gasteiger partial charge is 0.147 e. The van der Waals surface area contributed by atoms with Crippen LogP contribution in [0.3, 0.4) is 0 Å². The van der Waals surface area contributed by atoms with E-state index in [0.29, 0.717) is 5.69 Å². The van der Waals surface area contributed by atoms with Gasteiger partial charge in [0, 0.05) is 11.4 Å². The van der Waals surface area contributed by atoms with Crippen LogP contribution in [0.5, 0.6) is 0 Å². The topological polar surface area (TPSA) is 67.6 Å². The summed E-state index contributed by atoms with van der Waals surface area (Å²) in [4.78, 5) is 4.32. The van der Waals surface area contributed by atoms with Gasteiger partial charge < -0.3 is 5.73 Å². The second kappa shape index (κ2) is 3.95. The molecule has 2 rings (SSSR count). The quantitative estimate of drug-likeness (QED) is 0.758. The Kier molecular flexibility index (Phi) is 2.60. The number of aromatic nitrogens is 2. The van der Waals surface area contributed by atoms with Crippen LogP contribution in [0.25, 0.3) is 5.69 Å². The Labute approximate surface area is 100 Å². The Bertz CT molecular complexity index is 617. The van der Waals surface area contributed by atoms with E-state index in [-0.39, 0.29) is 0 Å². The third kappa shape index (κ3) is 1.76. The zero-order valence-corrected chi connectivity index (χ0v) is 10.2. The van der Waals surface area contributed by atoms with Crippen molar-refractivity contribution < 1.29 is 0 Å². The van der Waals surface area contributed by atoms with Gasteiger partial charge in [-0.05, 0) is 44.5 Å². The van der Waals surface area contributed by atoms with E-state index in [4.69, 9.17) is 11.0 Å². The van der Waals surface area contributed by atoms with E-state index in [1.165, 1.54) is 0 Å². The summed E-state index contributed by atoms with van der Waals surface area (Å²) in [6.07, 6.45) is 0. The highest BCUT2D eigenvalue weighted by Crippen LogP contribution is 2.21. The predicted octanol–water partition coefficient (Wildman–Crippen LogP) is 2.25. The number of nitriles is 1. The summed E-state index contributed by atoms with van der Waals surface area (Å²) < 4.78 is 1.85. The molecule has 0 saturated carbocycles. The van der Waals surface area contributed by atoms with Crippen LogP contribution in [0, 0.1) is 32.1 Å². The summed E-state index contributed by atoms with van der Waals surface area (Å²) in [7, 11) is 0. The van der Waals surface area contributed by atoms with E-state index in [9.17, 15) is 0 Å². The Balaban J connectivity index is 2.69. The lowest BCUT2D eigenvalue weighted by Gasteiger charge is -2.09. The Morgan fingerprint density at radius 3 is 2.59 bits per heavy atom. The minimum Gasteiger partial charge on any atom is -0.399 e. The summed E-state index contributed by atoms with van der Waals surface area (Å²) in [6.45, 7) is 5.68. The van der Waals surface area contributed by atoms with Crippen LogP contribution >= 0.6 is 0 Å². The molecule has 0 bridgehead atoms. The number of anilines is 1. The number of benzene rings is 1. The molecule has 0 aliphatic carbocycles. The van der Waals surface area contributed by atoms with Crippen LogP contribution in [0.1, 0.15) is 22.8 Å². The lowest BCUT2D eigenvalue weighted by molar-refractivity contribution is 0.959. The predicted molar refractivity (Wildman–Crippen MR) is 66.9 cm³/mol. The summed E-state index contributed by atoms with van der Waals surface area (Å²) in [5, 5.41) is 9.16. The first-order valence-corrected chi connectivity index (χ1v) is 5.37. The highest BCUT2D eigenvalue weighted by Gasteiger charge is 2.12. The van der Waals surface area contributed by atoms with Crippen LogP contribution < -0.4 is 5.73 Å². The van der Waals surface area contributed by atoms with Crippen LogP contribution in [0.2, 0.25) is 0 Å². The summed E-state index contributed by atoms with van der Waals surface area (Å²) in [6, 6.07) is 7.90. The van der Waals surface area contributed by atoms with E-state index < -0.39 is 0 Å². The largest absolute Gasteiger partial charge is 0.399 e. The van der Waals surface area contributed by atoms with E-state index in [1.54, 1.807) is 0 Å². The maximum Gasteiger partial charge on any atom is 0.147 e. The van der Waals surface area contributed by atoms with Crippen molar-refractivity contribution in [2.24, 2.45) is 0 Å². The normalized spacial score (nSPS) is 10.2. The van der Waals surface area contributed by atoms with Crippen molar-refractivity contribution in [2.75, 3.05) is 5.73 Å². The molecule has 0 unspecified atom stereocenters. The number of hydrogen-bond acceptors (Lipinski definition) is 3. The molecular formula is C13H14N4. The molecule has 0 fully saturated rings. The fraction of sp³-hybridized carbons (Fsp3) is 0.231. The van der Waals surface area contributed by atoms with Crippen molar-refractivity contribution in [3.8, 4) is 11.8 Å². The third-order valence-corrected chi connectivity index (χ3v) is 2.84. The molecular weight excluding hydrogens is 212 g/mol. The van der Waals surface area contributed by atoms with Crippen LogP contribution in [0.15, 0.2) is 18.2 Å². The first-order chi connectivity index (χ1) is 8.04. The molecule has 1 aromatic carbocycles. The maximum absolute atomic E-state index is 9.16. The summed E-state index contributed by atoms with van der Waals surface area (Å²) in [5.74, 6) is 0.809. The number of rotatable bonds is 1. The van der Waals surface area contributed by atoms with E-state index in [0.717, 1.165) is 28.5 Å². The molecule has 0 radical (unpaired) electrons. The lowest BCUT2D eigenvalue weighted by atomic mass is 10.2. The molecule has 0 spiro atoms. The molecule has 2 aromatic rings. The number of nitrogens with zero attached hydrogens (tertiary/aromatic N) is 3. The van der Waals surface area contributed by atoms with Gasteiger partial charge in [0.25, 0.3) is 0 Å². The molecule has 4 heteroatoms. The average molecular weight is 226 g/mol. The van der Waals surface area contributed by atoms with Crippen molar-refractivity contribution in [2.45, 2.75) is 20.8 Å². The van der Waals surface area contributed by atoms with Crippen molar-refractivity contribution in [3.63, 3.8) is 0 Å². The molecule has 0 amide bonds.